The molecule has 0 saturated heterocycles. The first-order valence-electron chi connectivity index (χ1n) is 2.58. The van der Waals surface area contributed by atoms with E-state index in [2.05, 4.69) is 10.3 Å². The number of hydrogen-bond donors (Lipinski definition) is 3. The van der Waals surface area contributed by atoms with E-state index in [9.17, 15) is 4.79 Å². The Morgan fingerprint density at radius 2 is 2.60 bits per heavy atom. The fourth-order valence-corrected chi connectivity index (χ4v) is 0.479. The molecule has 0 spiro atoms. The highest BCUT2D eigenvalue weighted by molar-refractivity contribution is 5.66. The van der Waals surface area contributed by atoms with Crippen LogP contribution in [0.2, 0.25) is 0 Å². The number of rotatable bonds is 1. The Balaban J connectivity index is 2.47. The second-order valence-corrected chi connectivity index (χ2v) is 1.54. The smallest absolute Gasteiger partial charge is 0.411 e. The molecule has 0 atom stereocenters. The first-order chi connectivity index (χ1) is 4.79. The van der Waals surface area contributed by atoms with Crippen molar-refractivity contribution in [3.05, 3.63) is 24.2 Å². The maximum Gasteiger partial charge on any atom is 0.411 e. The van der Waals surface area contributed by atoms with Gasteiger partial charge in [0.25, 0.3) is 0 Å². The molecule has 0 bridgehead atoms. The second-order valence-electron chi connectivity index (χ2n) is 1.54. The number of allylic oxidation sites excluding steroid dienone is 2. The van der Waals surface area contributed by atoms with Crippen LogP contribution in [0.25, 0.3) is 0 Å². The molecule has 0 aromatic carbocycles. The zero-order valence-electron chi connectivity index (χ0n) is 5.00. The van der Waals surface area contributed by atoms with E-state index in [1.54, 1.807) is 6.08 Å². The van der Waals surface area contributed by atoms with Crippen LogP contribution in [0.3, 0.4) is 0 Å². The molecule has 1 aliphatic heterocycles. The first-order valence-corrected chi connectivity index (χ1v) is 2.58. The molecule has 1 heterocycles. The van der Waals surface area contributed by atoms with Crippen LogP contribution >= 0.6 is 0 Å². The monoisotopic (exact) mass is 142 g/mol. The van der Waals surface area contributed by atoms with Gasteiger partial charge in [-0.1, -0.05) is 0 Å². The van der Waals surface area contributed by atoms with E-state index in [1.807, 2.05) is 5.32 Å². The summed E-state index contributed by atoms with van der Waals surface area (Å²) in [5, 5.41) is 10.2. The van der Waals surface area contributed by atoms with Gasteiger partial charge in [-0.25, -0.2) is 10.3 Å². The van der Waals surface area contributed by atoms with Crippen LogP contribution in [0.1, 0.15) is 0 Å². The number of hydroxylamine groups is 1. The molecular formula is C5H6N2O3. The second kappa shape index (κ2) is 2.77. The third-order valence-corrected chi connectivity index (χ3v) is 0.811. The number of carbonyl (C=O) groups is 1. The predicted octanol–water partition coefficient (Wildman–Crippen LogP) is 0.144. The topological polar surface area (TPSA) is 70.6 Å². The van der Waals surface area contributed by atoms with Gasteiger partial charge in [-0.3, -0.25) is 5.32 Å². The van der Waals surface area contributed by atoms with Crippen molar-refractivity contribution < 1.29 is 14.7 Å². The van der Waals surface area contributed by atoms with Gasteiger partial charge in [-0.15, -0.1) is 0 Å². The van der Waals surface area contributed by atoms with Gasteiger partial charge < -0.3 is 9.94 Å². The molecular weight excluding hydrogens is 136 g/mol. The largest absolute Gasteiger partial charge is 0.465 e. The van der Waals surface area contributed by atoms with Crippen molar-refractivity contribution in [1.82, 2.24) is 10.8 Å². The fourth-order valence-electron chi connectivity index (χ4n) is 0.479. The van der Waals surface area contributed by atoms with Crippen molar-refractivity contribution in [3.8, 4) is 0 Å². The molecule has 1 aliphatic rings. The summed E-state index contributed by atoms with van der Waals surface area (Å²) in [5.74, 6) is 0.162. The quantitative estimate of drug-likeness (QED) is 0.487. The van der Waals surface area contributed by atoms with E-state index in [0.29, 0.717) is 0 Å². The molecule has 1 amide bonds. The minimum Gasteiger partial charge on any atom is -0.465 e. The lowest BCUT2D eigenvalue weighted by Gasteiger charge is -2.09. The molecule has 5 nitrogen and oxygen atoms in total. The van der Waals surface area contributed by atoms with Crippen LogP contribution in [0.5, 0.6) is 0 Å². The van der Waals surface area contributed by atoms with Crippen LogP contribution in [0.15, 0.2) is 24.2 Å². The number of amides is 1. The van der Waals surface area contributed by atoms with Crippen LogP contribution in [0, 0.1) is 0 Å². The highest BCUT2D eigenvalue weighted by Crippen LogP contribution is 1.94. The molecule has 0 saturated carbocycles. The molecule has 0 fully saturated rings. The lowest BCUT2D eigenvalue weighted by atomic mass is 10.5. The van der Waals surface area contributed by atoms with Gasteiger partial charge in [0.05, 0.1) is 0 Å². The molecule has 0 aliphatic carbocycles. The van der Waals surface area contributed by atoms with Crippen molar-refractivity contribution in [3.63, 3.8) is 0 Å². The third kappa shape index (κ3) is 1.70. The summed E-state index contributed by atoms with van der Waals surface area (Å²) in [6.07, 6.45) is 3.50. The van der Waals surface area contributed by atoms with Gasteiger partial charge in [0.1, 0.15) is 0 Å². The lowest BCUT2D eigenvalue weighted by molar-refractivity contribution is 0.116. The van der Waals surface area contributed by atoms with E-state index >= 15 is 0 Å². The molecule has 0 aromatic heterocycles. The van der Waals surface area contributed by atoms with Gasteiger partial charge in [0.15, 0.2) is 0 Å². The Bertz CT molecular complexity index is 197. The summed E-state index contributed by atoms with van der Waals surface area (Å²) in [5.41, 5.74) is 2.37. The average molecular weight is 142 g/mol. The average Bonchev–Trinajstić information content (AvgIpc) is 1.88. The van der Waals surface area contributed by atoms with E-state index in [1.165, 1.54) is 12.3 Å². The maximum atomic E-state index is 9.98. The van der Waals surface area contributed by atoms with E-state index < -0.39 is 6.09 Å². The van der Waals surface area contributed by atoms with Crippen molar-refractivity contribution in [1.29, 1.82) is 0 Å². The standard InChI is InChI=1S/C5H6N2O3/c8-5(9)7-4-2-1-3-6-10-4/h1-3,6-7H,(H,8,9). The Morgan fingerprint density at radius 3 is 3.10 bits per heavy atom. The first kappa shape index (κ1) is 6.47. The maximum absolute atomic E-state index is 9.98. The Morgan fingerprint density at radius 1 is 1.80 bits per heavy atom. The van der Waals surface area contributed by atoms with Crippen LogP contribution in [0.4, 0.5) is 4.79 Å². The summed E-state index contributed by atoms with van der Waals surface area (Å²) in [6, 6.07) is 0. The number of carboxylic acid groups (broad SMARTS) is 1. The van der Waals surface area contributed by atoms with Crippen LogP contribution < -0.4 is 10.8 Å². The van der Waals surface area contributed by atoms with E-state index in [4.69, 9.17) is 5.11 Å². The summed E-state index contributed by atoms with van der Waals surface area (Å²) < 4.78 is 0. The summed E-state index contributed by atoms with van der Waals surface area (Å²) >= 11 is 0. The molecule has 0 aromatic rings. The number of hydrogen-bond acceptors (Lipinski definition) is 3. The van der Waals surface area contributed by atoms with Crippen LogP contribution in [-0.4, -0.2) is 11.2 Å². The van der Waals surface area contributed by atoms with Crippen molar-refractivity contribution >= 4 is 6.09 Å². The summed E-state index contributed by atoms with van der Waals surface area (Å²) in [4.78, 5) is 14.6. The molecule has 5 heteroatoms. The highest BCUT2D eigenvalue weighted by atomic mass is 16.7. The molecule has 0 unspecified atom stereocenters. The van der Waals surface area contributed by atoms with E-state index in [0.717, 1.165) is 0 Å². The fraction of sp³-hybridized carbons (Fsp3) is 0. The van der Waals surface area contributed by atoms with E-state index in [-0.39, 0.29) is 5.88 Å². The minimum atomic E-state index is -1.15. The Kier molecular flexibility index (Phi) is 1.79. The van der Waals surface area contributed by atoms with Crippen molar-refractivity contribution in [2.45, 2.75) is 0 Å². The van der Waals surface area contributed by atoms with Crippen LogP contribution in [-0.2, 0) is 4.84 Å². The molecule has 1 rings (SSSR count). The predicted molar refractivity (Wildman–Crippen MR) is 32.6 cm³/mol. The summed E-state index contributed by atoms with van der Waals surface area (Å²) in [6.45, 7) is 0. The molecule has 54 valence electrons. The SMILES string of the molecule is O=C(O)NC1=CC=CNO1. The molecule has 0 radical (unpaired) electrons. The summed E-state index contributed by atoms with van der Waals surface area (Å²) in [7, 11) is 0. The van der Waals surface area contributed by atoms with Gasteiger partial charge in [0.2, 0.25) is 5.88 Å². The molecule has 10 heavy (non-hydrogen) atoms. The zero-order valence-corrected chi connectivity index (χ0v) is 5.00. The third-order valence-electron chi connectivity index (χ3n) is 0.811. The minimum absolute atomic E-state index is 0.162. The highest BCUT2D eigenvalue weighted by Gasteiger charge is 2.02. The van der Waals surface area contributed by atoms with Crippen molar-refractivity contribution in [2.24, 2.45) is 0 Å². The van der Waals surface area contributed by atoms with Gasteiger partial charge in [-0.05, 0) is 6.08 Å². The Hall–Kier alpha value is -1.65. The zero-order chi connectivity index (χ0) is 7.40. The van der Waals surface area contributed by atoms with Crippen molar-refractivity contribution in [2.75, 3.05) is 0 Å². The molecule has 3 N–H and O–H groups in total. The van der Waals surface area contributed by atoms with Gasteiger partial charge >= 0.3 is 6.09 Å². The Labute approximate surface area is 56.9 Å². The normalized spacial score (nSPS) is 14.6. The lowest BCUT2D eigenvalue weighted by Crippen LogP contribution is -2.26. The number of nitrogens with one attached hydrogen (secondary N) is 2. The van der Waals surface area contributed by atoms with Gasteiger partial charge in [0, 0.05) is 12.3 Å². The van der Waals surface area contributed by atoms with Gasteiger partial charge in [-0.2, -0.15) is 0 Å².